The molecule has 2 amide bonds. The highest BCUT2D eigenvalue weighted by Crippen LogP contribution is 2.26. The van der Waals surface area contributed by atoms with Gasteiger partial charge in [0.1, 0.15) is 0 Å². The van der Waals surface area contributed by atoms with Gasteiger partial charge < -0.3 is 40.0 Å². The van der Waals surface area contributed by atoms with Crippen LogP contribution in [-0.2, 0) is 42.3 Å². The van der Waals surface area contributed by atoms with Crippen molar-refractivity contribution in [2.75, 3.05) is 52.4 Å². The van der Waals surface area contributed by atoms with Crippen LogP contribution in [0.2, 0.25) is 0 Å². The lowest BCUT2D eigenvalue weighted by atomic mass is 10.0. The summed E-state index contributed by atoms with van der Waals surface area (Å²) in [6.45, 7) is 28.7. The molecule has 5 N–H and O–H groups in total. The first-order valence-corrected chi connectivity index (χ1v) is 23.6. The molecule has 0 saturated heterocycles. The molecule has 10 heteroatoms. The van der Waals surface area contributed by atoms with Crippen molar-refractivity contribution in [3.63, 3.8) is 0 Å². The van der Waals surface area contributed by atoms with Gasteiger partial charge in [0.2, 0.25) is 11.8 Å². The van der Waals surface area contributed by atoms with Gasteiger partial charge in [-0.1, -0.05) is 27.7 Å². The molecule has 0 fully saturated rings. The molecule has 4 aromatic heterocycles. The zero-order chi connectivity index (χ0) is 44.2. The summed E-state index contributed by atoms with van der Waals surface area (Å²) in [6.07, 6.45) is 17.3. The number of aromatic amines is 3. The molecular weight excluding hydrogens is 757 g/mol. The van der Waals surface area contributed by atoms with Crippen LogP contribution in [0.25, 0.3) is 24.3 Å². The molecule has 0 saturated carbocycles. The summed E-state index contributed by atoms with van der Waals surface area (Å²) in [5, 5.41) is 11.1. The first-order chi connectivity index (χ1) is 29.4. The number of nitrogens with one attached hydrogen (secondary N) is 5. The number of unbranched alkanes of at least 4 members (excludes halogenated alkanes) is 2. The monoisotopic (exact) mass is 835 g/mol. The fourth-order valence-corrected chi connectivity index (χ4v) is 9.43. The number of hydrogen-bond acceptors (Lipinski definition) is 4. The molecular formula is C51H78N8O2. The van der Waals surface area contributed by atoms with Crippen LogP contribution >= 0.6 is 0 Å². The van der Waals surface area contributed by atoms with Crippen LogP contribution in [0.3, 0.4) is 0 Å². The topological polar surface area (TPSA) is 117 Å². The van der Waals surface area contributed by atoms with E-state index in [1.54, 1.807) is 0 Å². The van der Waals surface area contributed by atoms with Crippen LogP contribution in [0.4, 0.5) is 0 Å². The highest BCUT2D eigenvalue weighted by molar-refractivity contribution is 5.77. The van der Waals surface area contributed by atoms with E-state index in [-0.39, 0.29) is 11.8 Å². The second-order valence-electron chi connectivity index (χ2n) is 17.0. The largest absolute Gasteiger partial charge is 0.355 e. The molecule has 334 valence electrons. The Morgan fingerprint density at radius 3 is 1.56 bits per heavy atom. The molecule has 1 aliphatic rings. The predicted octanol–water partition coefficient (Wildman–Crippen LogP) is 5.34. The van der Waals surface area contributed by atoms with Crippen LogP contribution in [0, 0.1) is 27.7 Å². The maximum absolute atomic E-state index is 13.9. The SMILES string of the molecule is CCNCCCCN(CC)C(=O)CCc1c(C)c2n(C)c1C=c1[nH]c(c(C)c1CCC(=O)N(CC)CCCCNCC)=Cc1[nH]c(c(CC)c1C)C=c1[nH]c(c(CC)c1C)=C2. The fourth-order valence-electron chi connectivity index (χ4n) is 9.43. The molecule has 10 nitrogen and oxygen atoms in total. The molecule has 8 bridgehead atoms. The number of H-pyrrole nitrogens is 3. The molecule has 0 aromatic carbocycles. The maximum atomic E-state index is 13.9. The summed E-state index contributed by atoms with van der Waals surface area (Å²) in [5.74, 6) is 0.410. The van der Waals surface area contributed by atoms with Crippen molar-refractivity contribution in [3.05, 3.63) is 88.7 Å². The average molecular weight is 835 g/mol. The minimum Gasteiger partial charge on any atom is -0.355 e. The Bertz CT molecular complexity index is 2370. The van der Waals surface area contributed by atoms with Crippen LogP contribution in [0.5, 0.6) is 0 Å². The lowest BCUT2D eigenvalue weighted by Gasteiger charge is -2.21. The molecule has 0 aliphatic carbocycles. The minimum atomic E-state index is 0.203. The third-order valence-electron chi connectivity index (χ3n) is 13.3. The van der Waals surface area contributed by atoms with E-state index in [0.717, 1.165) is 133 Å². The summed E-state index contributed by atoms with van der Waals surface area (Å²) >= 11 is 0. The highest BCUT2D eigenvalue weighted by atomic mass is 16.2. The number of carbonyl (C=O) groups is 2. The first-order valence-electron chi connectivity index (χ1n) is 23.6. The molecule has 61 heavy (non-hydrogen) atoms. The normalized spacial score (nSPS) is 12.2. The molecule has 0 unspecified atom stereocenters. The Balaban J connectivity index is 1.66. The Kier molecular flexibility index (Phi) is 17.5. The van der Waals surface area contributed by atoms with Gasteiger partial charge in [0.15, 0.2) is 0 Å². The molecule has 1 aliphatic heterocycles. The van der Waals surface area contributed by atoms with E-state index in [0.29, 0.717) is 38.8 Å². The summed E-state index contributed by atoms with van der Waals surface area (Å²) in [6, 6.07) is 0. The van der Waals surface area contributed by atoms with Gasteiger partial charge in [0, 0.05) is 90.2 Å². The molecule has 5 rings (SSSR count). The molecule has 0 spiro atoms. The van der Waals surface area contributed by atoms with Gasteiger partial charge in [0.25, 0.3) is 0 Å². The van der Waals surface area contributed by atoms with E-state index in [4.69, 9.17) is 0 Å². The Labute approximate surface area is 366 Å². The lowest BCUT2D eigenvalue weighted by Crippen LogP contribution is -2.32. The summed E-state index contributed by atoms with van der Waals surface area (Å²) in [4.78, 5) is 43.2. The van der Waals surface area contributed by atoms with Gasteiger partial charge in [0.05, 0.1) is 0 Å². The molecule has 0 radical (unpaired) electrons. The van der Waals surface area contributed by atoms with Crippen molar-refractivity contribution in [1.29, 1.82) is 0 Å². The van der Waals surface area contributed by atoms with E-state index < -0.39 is 0 Å². The van der Waals surface area contributed by atoms with Crippen molar-refractivity contribution in [1.82, 2.24) is 40.0 Å². The van der Waals surface area contributed by atoms with E-state index in [1.807, 2.05) is 9.80 Å². The first kappa shape index (κ1) is 47.5. The van der Waals surface area contributed by atoms with E-state index in [1.165, 1.54) is 33.4 Å². The highest BCUT2D eigenvalue weighted by Gasteiger charge is 2.21. The second kappa shape index (κ2) is 22.5. The summed E-state index contributed by atoms with van der Waals surface area (Å²) in [5.41, 5.74) is 14.3. The van der Waals surface area contributed by atoms with Crippen LogP contribution in [0.1, 0.15) is 147 Å². The zero-order valence-electron chi connectivity index (χ0n) is 39.7. The Morgan fingerprint density at radius 2 is 1.03 bits per heavy atom. The van der Waals surface area contributed by atoms with Gasteiger partial charge in [-0.05, 0) is 188 Å². The van der Waals surface area contributed by atoms with Gasteiger partial charge in [-0.2, -0.15) is 0 Å². The number of carbonyl (C=O) groups excluding carboxylic acids is 2. The van der Waals surface area contributed by atoms with E-state index in [2.05, 4.69) is 131 Å². The number of rotatable bonds is 22. The van der Waals surface area contributed by atoms with Crippen molar-refractivity contribution in [2.24, 2.45) is 7.05 Å². The third-order valence-corrected chi connectivity index (χ3v) is 13.3. The number of amides is 2. The maximum Gasteiger partial charge on any atom is 0.222 e. The lowest BCUT2D eigenvalue weighted by molar-refractivity contribution is -0.131. The number of hydrogen-bond donors (Lipinski definition) is 5. The average Bonchev–Trinajstić information content (AvgIpc) is 3.89. The van der Waals surface area contributed by atoms with Crippen LogP contribution in [0.15, 0.2) is 0 Å². The number of nitrogens with zero attached hydrogens (tertiary/aromatic N) is 3. The third kappa shape index (κ3) is 11.1. The van der Waals surface area contributed by atoms with Gasteiger partial charge >= 0.3 is 0 Å². The fraction of sp³-hybridized carbons (Fsp3) is 0.569. The van der Waals surface area contributed by atoms with Crippen molar-refractivity contribution in [3.8, 4) is 0 Å². The van der Waals surface area contributed by atoms with Gasteiger partial charge in [-0.15, -0.1) is 0 Å². The van der Waals surface area contributed by atoms with Crippen molar-refractivity contribution < 1.29 is 9.59 Å². The standard InChI is InChI=1S/C51H78N8O2/c1-12-38-34(7)42-30-43-36(9)40(22-24-50(60)58(16-5)28-20-18-26-52-14-3)47(56-43)33-49-41(23-25-51(61)59(17-6)29-21-19-27-53-15-4)37(10)48(57(49)11)32-46-39(13-2)35(8)44(55-46)31-45(38)54-42/h30-33,52-56H,12-29H2,1-11H3. The van der Waals surface area contributed by atoms with Gasteiger partial charge in [-0.25, -0.2) is 0 Å². The number of fused-ring (bicyclic) bond motifs is 8. The van der Waals surface area contributed by atoms with Crippen molar-refractivity contribution in [2.45, 2.75) is 133 Å². The van der Waals surface area contributed by atoms with Crippen molar-refractivity contribution >= 4 is 36.1 Å². The molecule has 0 atom stereocenters. The number of aromatic nitrogens is 4. The summed E-state index contributed by atoms with van der Waals surface area (Å²) < 4.78 is 2.31. The van der Waals surface area contributed by atoms with Gasteiger partial charge in [-0.3, -0.25) is 9.59 Å². The minimum absolute atomic E-state index is 0.203. The smallest absolute Gasteiger partial charge is 0.222 e. The quantitative estimate of drug-likeness (QED) is 0.0607. The molecule has 4 aromatic rings. The summed E-state index contributed by atoms with van der Waals surface area (Å²) in [7, 11) is 2.16. The Hall–Kier alpha value is -4.54. The second-order valence-corrected chi connectivity index (χ2v) is 17.0. The van der Waals surface area contributed by atoms with Crippen LogP contribution < -0.4 is 32.0 Å². The Morgan fingerprint density at radius 1 is 0.541 bits per heavy atom. The molecule has 5 heterocycles. The zero-order valence-corrected chi connectivity index (χ0v) is 39.7. The van der Waals surface area contributed by atoms with E-state index in [9.17, 15) is 9.59 Å². The van der Waals surface area contributed by atoms with Crippen LogP contribution in [-0.4, -0.2) is 93.5 Å². The van der Waals surface area contributed by atoms with E-state index >= 15 is 0 Å². The predicted molar refractivity (Wildman–Crippen MR) is 255 cm³/mol.